The fourth-order valence-corrected chi connectivity index (χ4v) is 7.60. The van der Waals surface area contributed by atoms with Gasteiger partial charge >= 0.3 is 6.09 Å². The molecule has 4 rings (SSSR count). The van der Waals surface area contributed by atoms with Crippen molar-refractivity contribution in [2.24, 2.45) is 22.9 Å². The van der Waals surface area contributed by atoms with Gasteiger partial charge in [0.25, 0.3) is 0 Å². The van der Waals surface area contributed by atoms with E-state index in [1.807, 2.05) is 32.9 Å². The summed E-state index contributed by atoms with van der Waals surface area (Å²) in [5.74, 6) is -0.146. The molecule has 0 saturated heterocycles. The Balaban J connectivity index is 2.02. The molecular weight excluding hydrogens is 648 g/mol. The number of hydrogen-bond donors (Lipinski definition) is 2. The molecule has 272 valence electrons. The Bertz CT molecular complexity index is 1340. The summed E-state index contributed by atoms with van der Waals surface area (Å²) >= 11 is 5.90. The molecule has 0 radical (unpaired) electrons. The Morgan fingerprint density at radius 2 is 1.84 bits per heavy atom. The fraction of sp³-hybridized carbons (Fsp3) is 0.632. The number of fused-ring (bicyclic) bond motifs is 2. The number of oxime groups is 1. The highest BCUT2D eigenvalue weighted by atomic mass is 35.5. The minimum Gasteiger partial charge on any atom is -0.490 e. The molecule has 2 aliphatic carbocycles. The zero-order valence-electron chi connectivity index (χ0n) is 29.6. The largest absolute Gasteiger partial charge is 0.490 e. The standard InChI is InChI=1S/C38H55ClN2O8/c1-7-20-45-27-15-16-32-30(24-27)34-28(14-10-12-19-43)26(13-9-11-18-42)23-29-31(40-49-37(3,4)5)25-33(41(6)36(44)46-22-17-39)38(48-32,35(29)34)47-21-8-2/h7-8,15-16,23-24,26,28,33-35,42-43H,1-2,9-14,17-22,25H2,3-6H3/t26-,28+,33-,34+,35+,38+/m0/s1. The second-order valence-corrected chi connectivity index (χ2v) is 14.4. The summed E-state index contributed by atoms with van der Waals surface area (Å²) < 4.78 is 25.5. The molecule has 0 aromatic heterocycles. The van der Waals surface area contributed by atoms with Crippen LogP contribution in [0.5, 0.6) is 11.5 Å². The molecule has 10 nitrogen and oxygen atoms in total. The number of aliphatic hydroxyl groups is 2. The monoisotopic (exact) mass is 702 g/mol. The minimum absolute atomic E-state index is 0.0584. The highest BCUT2D eigenvalue weighted by molar-refractivity contribution is 6.18. The van der Waals surface area contributed by atoms with Crippen LogP contribution in [0.15, 0.2) is 60.3 Å². The van der Waals surface area contributed by atoms with Crippen LogP contribution in [0, 0.1) is 17.8 Å². The van der Waals surface area contributed by atoms with Crippen LogP contribution < -0.4 is 9.47 Å². The van der Waals surface area contributed by atoms with E-state index in [-0.39, 0.29) is 56.5 Å². The third-order valence-electron chi connectivity index (χ3n) is 9.50. The summed E-state index contributed by atoms with van der Waals surface area (Å²) in [5.41, 5.74) is 2.11. The van der Waals surface area contributed by atoms with Crippen molar-refractivity contribution in [1.82, 2.24) is 4.90 Å². The molecule has 0 bridgehead atoms. The van der Waals surface area contributed by atoms with Crippen molar-refractivity contribution in [2.45, 2.75) is 89.1 Å². The van der Waals surface area contributed by atoms with Gasteiger partial charge < -0.3 is 38.9 Å². The van der Waals surface area contributed by atoms with Crippen molar-refractivity contribution in [3.8, 4) is 11.5 Å². The van der Waals surface area contributed by atoms with Gasteiger partial charge in [-0.3, -0.25) is 0 Å². The number of nitrogens with zero attached hydrogens (tertiary/aromatic N) is 2. The lowest BCUT2D eigenvalue weighted by atomic mass is 9.55. The number of rotatable bonds is 18. The van der Waals surface area contributed by atoms with Crippen molar-refractivity contribution in [3.63, 3.8) is 0 Å². The highest BCUT2D eigenvalue weighted by Gasteiger charge is 2.65. The van der Waals surface area contributed by atoms with Gasteiger partial charge in [0.05, 0.1) is 24.1 Å². The Hall–Kier alpha value is -3.05. The van der Waals surface area contributed by atoms with E-state index in [1.165, 1.54) is 4.90 Å². The van der Waals surface area contributed by atoms with Gasteiger partial charge in [-0.1, -0.05) is 42.8 Å². The van der Waals surface area contributed by atoms with E-state index in [2.05, 4.69) is 25.3 Å². The first-order chi connectivity index (χ1) is 23.5. The van der Waals surface area contributed by atoms with Crippen LogP contribution in [0.3, 0.4) is 0 Å². The molecule has 1 aromatic carbocycles. The van der Waals surface area contributed by atoms with Crippen molar-refractivity contribution in [2.75, 3.05) is 46.0 Å². The topological polar surface area (TPSA) is 119 Å². The van der Waals surface area contributed by atoms with Gasteiger partial charge in [0, 0.05) is 38.2 Å². The van der Waals surface area contributed by atoms with Crippen LogP contribution in [-0.2, 0) is 14.3 Å². The molecule has 1 aromatic rings. The highest BCUT2D eigenvalue weighted by Crippen LogP contribution is 2.61. The number of aliphatic hydroxyl groups excluding tert-OH is 2. The number of ether oxygens (including phenoxy) is 4. The summed E-state index contributed by atoms with van der Waals surface area (Å²) in [7, 11) is 1.69. The predicted molar refractivity (Wildman–Crippen MR) is 191 cm³/mol. The zero-order valence-corrected chi connectivity index (χ0v) is 30.3. The summed E-state index contributed by atoms with van der Waals surface area (Å²) in [6.07, 6.45) is 10.2. The molecule has 0 unspecified atom stereocenters. The lowest BCUT2D eigenvalue weighted by Gasteiger charge is -2.59. The molecule has 1 fully saturated rings. The number of allylic oxidation sites excluding steroid dienone is 1. The lowest BCUT2D eigenvalue weighted by molar-refractivity contribution is -0.253. The smallest absolute Gasteiger partial charge is 0.410 e. The summed E-state index contributed by atoms with van der Waals surface area (Å²) in [6.45, 7) is 14.4. The molecular formula is C38H55ClN2O8. The van der Waals surface area contributed by atoms with E-state index in [1.54, 1.807) is 19.2 Å². The number of unbranched alkanes of at least 4 members (excludes halogenated alkanes) is 2. The van der Waals surface area contributed by atoms with Crippen LogP contribution in [0.4, 0.5) is 4.79 Å². The first-order valence-electron chi connectivity index (χ1n) is 17.5. The van der Waals surface area contributed by atoms with Gasteiger partial charge in [-0.05, 0) is 82.1 Å². The molecule has 6 atom stereocenters. The first-order valence-corrected chi connectivity index (χ1v) is 18.0. The van der Waals surface area contributed by atoms with Crippen molar-refractivity contribution in [3.05, 3.63) is 60.7 Å². The number of carbonyl (C=O) groups excluding carboxylic acids is 1. The lowest BCUT2D eigenvalue weighted by Crippen LogP contribution is -2.69. The van der Waals surface area contributed by atoms with E-state index in [0.29, 0.717) is 30.9 Å². The van der Waals surface area contributed by atoms with Crippen molar-refractivity contribution >= 4 is 23.4 Å². The first kappa shape index (κ1) is 38.7. The van der Waals surface area contributed by atoms with Gasteiger partial charge in [0.2, 0.25) is 5.79 Å². The average molecular weight is 703 g/mol. The fourth-order valence-electron chi connectivity index (χ4n) is 7.52. The van der Waals surface area contributed by atoms with Crippen molar-refractivity contribution in [1.29, 1.82) is 0 Å². The van der Waals surface area contributed by atoms with Crippen LogP contribution in [-0.4, -0.2) is 90.3 Å². The number of halogens is 1. The second kappa shape index (κ2) is 17.7. The van der Waals surface area contributed by atoms with E-state index < -0.39 is 29.4 Å². The molecule has 11 heteroatoms. The quantitative estimate of drug-likeness (QED) is 0.0727. The minimum atomic E-state index is -1.35. The van der Waals surface area contributed by atoms with Gasteiger partial charge in [-0.15, -0.1) is 18.2 Å². The number of likely N-dealkylation sites (N-methyl/N-ethyl adjacent to an activating group) is 1. The second-order valence-electron chi connectivity index (χ2n) is 14.0. The Morgan fingerprint density at radius 3 is 2.49 bits per heavy atom. The van der Waals surface area contributed by atoms with Gasteiger partial charge in [-0.2, -0.15) is 0 Å². The SMILES string of the molecule is C=CCOc1ccc2c(c1)[C@H]1[C@H](CCCCO)[C@@H](CCCCO)C=C3C(=NOC(C)(C)C)C[C@H](N(C)C(=O)OCCCl)[C@@](OCC=C)(O2)[C@H]31. The van der Waals surface area contributed by atoms with E-state index in [9.17, 15) is 15.0 Å². The van der Waals surface area contributed by atoms with E-state index >= 15 is 0 Å². The van der Waals surface area contributed by atoms with E-state index in [4.69, 9.17) is 40.5 Å². The predicted octanol–water partition coefficient (Wildman–Crippen LogP) is 6.99. The third kappa shape index (κ3) is 9.01. The molecule has 0 spiro atoms. The van der Waals surface area contributed by atoms with Gasteiger partial charge in [0.15, 0.2) is 0 Å². The molecule has 2 N–H and O–H groups in total. The number of carbonyl (C=O) groups is 1. The Labute approximate surface area is 296 Å². The molecule has 49 heavy (non-hydrogen) atoms. The number of benzene rings is 1. The maximum absolute atomic E-state index is 13.5. The van der Waals surface area contributed by atoms with Crippen LogP contribution in [0.2, 0.25) is 0 Å². The maximum atomic E-state index is 13.5. The summed E-state index contributed by atoms with van der Waals surface area (Å²) in [6, 6.07) is 5.18. The van der Waals surface area contributed by atoms with Gasteiger partial charge in [-0.25, -0.2) is 4.79 Å². The Kier molecular flexibility index (Phi) is 14.0. The van der Waals surface area contributed by atoms with Gasteiger partial charge in [0.1, 0.15) is 36.4 Å². The molecule has 1 saturated carbocycles. The maximum Gasteiger partial charge on any atom is 0.410 e. The zero-order chi connectivity index (χ0) is 35.6. The van der Waals surface area contributed by atoms with Crippen LogP contribution in [0.25, 0.3) is 0 Å². The molecule has 1 amide bonds. The van der Waals surface area contributed by atoms with E-state index in [0.717, 1.165) is 42.5 Å². The Morgan fingerprint density at radius 1 is 1.12 bits per heavy atom. The third-order valence-corrected chi connectivity index (χ3v) is 9.65. The van der Waals surface area contributed by atoms with Crippen LogP contribution in [0.1, 0.15) is 77.2 Å². The summed E-state index contributed by atoms with van der Waals surface area (Å²) in [4.78, 5) is 21.2. The normalized spacial score (nSPS) is 26.5. The number of hydrogen-bond acceptors (Lipinski definition) is 9. The summed E-state index contributed by atoms with van der Waals surface area (Å²) in [5, 5.41) is 24.3. The average Bonchev–Trinajstić information content (AvgIpc) is 3.08. The molecule has 1 heterocycles. The number of amides is 1. The molecule has 3 aliphatic rings. The van der Waals surface area contributed by atoms with Crippen LogP contribution >= 0.6 is 11.6 Å². The van der Waals surface area contributed by atoms with Crippen molar-refractivity contribution < 1.29 is 38.8 Å². The molecule has 1 aliphatic heterocycles. The number of alkyl halides is 1.